The number of phenols is 1. The fraction of sp³-hybridized carbons (Fsp3) is 0.125. The molecular weight excluding hydrogens is 568 g/mol. The van der Waals surface area contributed by atoms with Gasteiger partial charge in [-0.05, 0) is 52.7 Å². The van der Waals surface area contributed by atoms with Crippen molar-refractivity contribution in [3.63, 3.8) is 0 Å². The molecule has 0 aliphatic rings. The summed E-state index contributed by atoms with van der Waals surface area (Å²) in [5, 5.41) is 14.8. The molecule has 1 heterocycles. The second-order valence-corrected chi connectivity index (χ2v) is 10.1. The molecule has 2 N–H and O–H groups in total. The Morgan fingerprint density at radius 3 is 2.73 bits per heavy atom. The molecule has 0 aliphatic heterocycles. The van der Waals surface area contributed by atoms with Crippen LogP contribution in [0.5, 0.6) is 5.75 Å². The molecule has 1 amide bonds. The number of aromatic nitrogens is 2. The van der Waals surface area contributed by atoms with Crippen LogP contribution in [0.25, 0.3) is 11.0 Å². The van der Waals surface area contributed by atoms with Crippen molar-refractivity contribution in [2.24, 2.45) is 5.10 Å². The highest BCUT2D eigenvalue weighted by Gasteiger charge is 2.13. The summed E-state index contributed by atoms with van der Waals surface area (Å²) in [5.74, 6) is -0.0583. The molecule has 0 fully saturated rings. The van der Waals surface area contributed by atoms with Gasteiger partial charge in [-0.1, -0.05) is 69.7 Å². The second-order valence-electron chi connectivity index (χ2n) is 7.36. The van der Waals surface area contributed by atoms with Gasteiger partial charge in [0.1, 0.15) is 5.75 Å². The molecular formula is C24H20Br2N4O2S. The molecule has 0 spiro atoms. The van der Waals surface area contributed by atoms with Crippen molar-refractivity contribution in [2.75, 3.05) is 5.75 Å². The van der Waals surface area contributed by atoms with Gasteiger partial charge < -0.3 is 9.67 Å². The van der Waals surface area contributed by atoms with E-state index in [4.69, 9.17) is 4.98 Å². The van der Waals surface area contributed by atoms with Crippen LogP contribution < -0.4 is 5.43 Å². The molecule has 1 aromatic heterocycles. The number of hydrogen-bond acceptors (Lipinski definition) is 5. The SMILES string of the molecule is Cc1ccc(Cn2c(SCC(=O)N/N=C\c3cc(Br)cc(Br)c3O)nc3ccccc32)cc1. The minimum atomic E-state index is -0.265. The Balaban J connectivity index is 1.45. The van der Waals surface area contributed by atoms with E-state index in [-0.39, 0.29) is 17.4 Å². The monoisotopic (exact) mass is 586 g/mol. The number of nitrogens with one attached hydrogen (secondary N) is 1. The van der Waals surface area contributed by atoms with E-state index >= 15 is 0 Å². The smallest absolute Gasteiger partial charge is 0.250 e. The van der Waals surface area contributed by atoms with Gasteiger partial charge in [0.15, 0.2) is 5.16 Å². The van der Waals surface area contributed by atoms with Crippen LogP contribution in [0.1, 0.15) is 16.7 Å². The van der Waals surface area contributed by atoms with Gasteiger partial charge >= 0.3 is 0 Å². The van der Waals surface area contributed by atoms with Gasteiger partial charge in [-0.2, -0.15) is 5.10 Å². The predicted octanol–water partition coefficient (Wildman–Crippen LogP) is 5.87. The molecule has 4 rings (SSSR count). The van der Waals surface area contributed by atoms with Gasteiger partial charge in [-0.25, -0.2) is 10.4 Å². The topological polar surface area (TPSA) is 79.5 Å². The van der Waals surface area contributed by atoms with Gasteiger partial charge in [-0.3, -0.25) is 4.79 Å². The number of fused-ring (bicyclic) bond motifs is 1. The maximum atomic E-state index is 12.4. The van der Waals surface area contributed by atoms with Gasteiger partial charge in [0.2, 0.25) is 0 Å². The third-order valence-corrected chi connectivity index (χ3v) is 6.90. The van der Waals surface area contributed by atoms with E-state index in [0.29, 0.717) is 16.6 Å². The average Bonchev–Trinajstić information content (AvgIpc) is 3.14. The molecule has 6 nitrogen and oxygen atoms in total. The fourth-order valence-corrected chi connectivity index (χ4v) is 5.28. The first-order valence-corrected chi connectivity index (χ1v) is 12.6. The summed E-state index contributed by atoms with van der Waals surface area (Å²) in [6.07, 6.45) is 1.40. The van der Waals surface area contributed by atoms with Crippen molar-refractivity contribution in [3.8, 4) is 5.75 Å². The zero-order valence-corrected chi connectivity index (χ0v) is 21.6. The molecule has 0 unspecified atom stereocenters. The van der Waals surface area contributed by atoms with Crippen molar-refractivity contribution < 1.29 is 9.90 Å². The van der Waals surface area contributed by atoms with Crippen LogP contribution in [0.4, 0.5) is 0 Å². The molecule has 0 saturated heterocycles. The number of imidazole rings is 1. The summed E-state index contributed by atoms with van der Waals surface area (Å²) in [7, 11) is 0. The van der Waals surface area contributed by atoms with Gasteiger partial charge in [0, 0.05) is 10.0 Å². The first-order chi connectivity index (χ1) is 15.9. The van der Waals surface area contributed by atoms with Gasteiger partial charge in [0.05, 0.1) is 34.0 Å². The van der Waals surface area contributed by atoms with Crippen LogP contribution in [0, 0.1) is 6.92 Å². The fourth-order valence-electron chi connectivity index (χ4n) is 3.21. The highest BCUT2D eigenvalue weighted by Crippen LogP contribution is 2.30. The lowest BCUT2D eigenvalue weighted by Crippen LogP contribution is -2.20. The maximum absolute atomic E-state index is 12.4. The number of benzene rings is 3. The van der Waals surface area contributed by atoms with Crippen LogP contribution in [0.2, 0.25) is 0 Å². The van der Waals surface area contributed by atoms with Crippen LogP contribution in [-0.2, 0) is 11.3 Å². The minimum absolute atomic E-state index is 0.0513. The van der Waals surface area contributed by atoms with E-state index in [0.717, 1.165) is 20.7 Å². The highest BCUT2D eigenvalue weighted by atomic mass is 79.9. The van der Waals surface area contributed by atoms with E-state index in [1.54, 1.807) is 12.1 Å². The quantitative estimate of drug-likeness (QED) is 0.161. The molecule has 33 heavy (non-hydrogen) atoms. The Bertz CT molecular complexity index is 1340. The van der Waals surface area contributed by atoms with Crippen molar-refractivity contribution in [1.82, 2.24) is 15.0 Å². The summed E-state index contributed by atoms with van der Waals surface area (Å²) in [5.41, 5.74) is 7.28. The lowest BCUT2D eigenvalue weighted by atomic mass is 10.1. The third-order valence-electron chi connectivity index (χ3n) is 4.86. The number of aryl methyl sites for hydroxylation is 1. The normalized spacial score (nSPS) is 11.4. The minimum Gasteiger partial charge on any atom is -0.506 e. The standard InChI is InChI=1S/C24H20Br2N4O2S/c1-15-6-8-16(9-7-15)13-30-21-5-3-2-4-20(21)28-24(30)33-14-22(31)29-27-12-17-10-18(25)11-19(26)23(17)32/h2-12,32H,13-14H2,1H3,(H,29,31)/b27-12-. The van der Waals surface area contributed by atoms with Crippen LogP contribution in [-0.4, -0.2) is 32.5 Å². The maximum Gasteiger partial charge on any atom is 0.250 e. The molecule has 9 heteroatoms. The molecule has 0 bridgehead atoms. The van der Waals surface area contributed by atoms with E-state index in [1.807, 2.05) is 24.3 Å². The van der Waals surface area contributed by atoms with E-state index in [9.17, 15) is 9.90 Å². The average molecular weight is 588 g/mol. The number of para-hydroxylation sites is 2. The number of nitrogens with zero attached hydrogens (tertiary/aromatic N) is 3. The number of phenolic OH excluding ortho intramolecular Hbond substituents is 1. The lowest BCUT2D eigenvalue weighted by Gasteiger charge is -2.09. The van der Waals surface area contributed by atoms with E-state index in [2.05, 4.69) is 78.1 Å². The molecule has 0 radical (unpaired) electrons. The lowest BCUT2D eigenvalue weighted by molar-refractivity contribution is -0.118. The van der Waals surface area contributed by atoms with Gasteiger partial charge in [-0.15, -0.1) is 0 Å². The Hall–Kier alpha value is -2.62. The first kappa shape index (κ1) is 23.5. The van der Waals surface area contributed by atoms with Crippen LogP contribution in [0.3, 0.4) is 0 Å². The van der Waals surface area contributed by atoms with Crippen molar-refractivity contribution in [2.45, 2.75) is 18.6 Å². The van der Waals surface area contributed by atoms with Gasteiger partial charge in [0.25, 0.3) is 5.91 Å². The third kappa shape index (κ3) is 5.85. The second kappa shape index (κ2) is 10.5. The molecule has 168 valence electrons. The number of thioether (sulfide) groups is 1. The van der Waals surface area contributed by atoms with Crippen molar-refractivity contribution in [1.29, 1.82) is 0 Å². The Labute approximate surface area is 212 Å². The first-order valence-electron chi connectivity index (χ1n) is 10.0. The summed E-state index contributed by atoms with van der Waals surface area (Å²) < 4.78 is 3.44. The number of hydrogen-bond donors (Lipinski definition) is 2. The predicted molar refractivity (Wildman–Crippen MR) is 140 cm³/mol. The molecule has 0 saturated carbocycles. The molecule has 3 aromatic carbocycles. The summed E-state index contributed by atoms with van der Waals surface area (Å²) in [4.78, 5) is 17.1. The largest absolute Gasteiger partial charge is 0.506 e. The number of hydrazone groups is 1. The molecule has 0 atom stereocenters. The number of rotatable bonds is 7. The Morgan fingerprint density at radius 1 is 1.18 bits per heavy atom. The zero-order valence-electron chi connectivity index (χ0n) is 17.6. The highest BCUT2D eigenvalue weighted by molar-refractivity contribution is 9.11. The van der Waals surface area contributed by atoms with E-state index < -0.39 is 0 Å². The Morgan fingerprint density at radius 2 is 1.94 bits per heavy atom. The Kier molecular flexibility index (Phi) is 7.52. The number of amides is 1. The zero-order chi connectivity index (χ0) is 23.4. The van der Waals surface area contributed by atoms with E-state index in [1.165, 1.54) is 29.1 Å². The summed E-state index contributed by atoms with van der Waals surface area (Å²) >= 11 is 8.00. The van der Waals surface area contributed by atoms with Crippen LogP contribution in [0.15, 0.2) is 79.9 Å². The summed E-state index contributed by atoms with van der Waals surface area (Å²) in [6, 6.07) is 19.8. The van der Waals surface area contributed by atoms with Crippen molar-refractivity contribution in [3.05, 3.63) is 86.3 Å². The van der Waals surface area contributed by atoms with Crippen LogP contribution >= 0.6 is 43.6 Å². The number of halogens is 2. The number of aromatic hydroxyl groups is 1. The molecule has 0 aliphatic carbocycles. The number of carbonyl (C=O) groups is 1. The molecule has 4 aromatic rings. The van der Waals surface area contributed by atoms with Crippen molar-refractivity contribution >= 4 is 66.8 Å². The summed E-state index contributed by atoms with van der Waals surface area (Å²) in [6.45, 7) is 2.73. The number of carbonyl (C=O) groups excluding carboxylic acids is 1.